The summed E-state index contributed by atoms with van der Waals surface area (Å²) < 4.78 is 0.744. The molecule has 28 heavy (non-hydrogen) atoms. The van der Waals surface area contributed by atoms with E-state index in [-0.39, 0.29) is 11.2 Å². The van der Waals surface area contributed by atoms with E-state index < -0.39 is 11.9 Å². The lowest BCUT2D eigenvalue weighted by atomic mass is 9.87. The van der Waals surface area contributed by atoms with Gasteiger partial charge in [-0.1, -0.05) is 70.0 Å². The Bertz CT molecular complexity index is 1040. The van der Waals surface area contributed by atoms with Crippen LogP contribution >= 0.6 is 12.8 Å². The van der Waals surface area contributed by atoms with Crippen LogP contribution in [0.1, 0.15) is 36.7 Å². The van der Waals surface area contributed by atoms with Crippen molar-refractivity contribution in [2.75, 3.05) is 5.32 Å². The molecule has 144 valence electrons. The third kappa shape index (κ3) is 3.97. The maximum Gasteiger partial charge on any atom is 0.338 e. The quantitative estimate of drug-likeness (QED) is 0.512. The molecule has 3 rings (SSSR count). The molecule has 2 N–H and O–H groups in total. The molecule has 0 atom stereocenters. The number of imide groups is 1. The first-order valence-electron chi connectivity index (χ1n) is 8.84. The Kier molecular flexibility index (Phi) is 5.34. The van der Waals surface area contributed by atoms with Crippen LogP contribution < -0.4 is 5.32 Å². The van der Waals surface area contributed by atoms with Crippen molar-refractivity contribution >= 4 is 41.2 Å². The number of hydrogen-bond donors (Lipinski definition) is 3. The standard InChI is InChI=1S/C22H22N2O3S/c1-22(2,3)15-12-10-14(11-13-15)20(26)24(28)21(27)23-18-8-4-7-17-16(18)6-5-9-19(17)25/h4-13,25,28H,1-3H3,(H,23,27). The predicted octanol–water partition coefficient (Wildman–Crippen LogP) is 5.36. The highest BCUT2D eigenvalue weighted by molar-refractivity contribution is 7.79. The van der Waals surface area contributed by atoms with Crippen LogP contribution in [0.5, 0.6) is 5.75 Å². The minimum absolute atomic E-state index is 0.0282. The number of phenols is 1. The van der Waals surface area contributed by atoms with E-state index in [1.807, 2.05) is 12.1 Å². The van der Waals surface area contributed by atoms with E-state index in [0.717, 1.165) is 9.87 Å². The summed E-state index contributed by atoms with van der Waals surface area (Å²) in [5.74, 6) is -0.407. The van der Waals surface area contributed by atoms with E-state index in [1.165, 1.54) is 0 Å². The van der Waals surface area contributed by atoms with E-state index in [2.05, 4.69) is 38.9 Å². The molecule has 3 aromatic rings. The van der Waals surface area contributed by atoms with Crippen LogP contribution in [0.15, 0.2) is 60.7 Å². The van der Waals surface area contributed by atoms with Crippen molar-refractivity contribution in [1.29, 1.82) is 0 Å². The van der Waals surface area contributed by atoms with Gasteiger partial charge in [-0.15, -0.1) is 0 Å². The van der Waals surface area contributed by atoms with Crippen molar-refractivity contribution in [1.82, 2.24) is 4.31 Å². The van der Waals surface area contributed by atoms with Gasteiger partial charge in [0, 0.05) is 16.3 Å². The lowest BCUT2D eigenvalue weighted by molar-refractivity contribution is 0.0901. The van der Waals surface area contributed by atoms with Gasteiger partial charge in [0.05, 0.1) is 5.69 Å². The minimum Gasteiger partial charge on any atom is -0.507 e. The summed E-state index contributed by atoms with van der Waals surface area (Å²) in [6.07, 6.45) is 0. The molecule has 0 bridgehead atoms. The van der Waals surface area contributed by atoms with Crippen molar-refractivity contribution in [3.63, 3.8) is 0 Å². The number of carbonyl (C=O) groups excluding carboxylic acids is 2. The maximum atomic E-state index is 12.6. The second kappa shape index (κ2) is 7.56. The van der Waals surface area contributed by atoms with Gasteiger partial charge in [-0.3, -0.25) is 4.79 Å². The van der Waals surface area contributed by atoms with Gasteiger partial charge in [0.1, 0.15) is 5.75 Å². The number of aromatic hydroxyl groups is 1. The summed E-state index contributed by atoms with van der Waals surface area (Å²) in [6.45, 7) is 6.26. The largest absolute Gasteiger partial charge is 0.507 e. The number of phenolic OH excluding ortho intramolecular Hbond substituents is 1. The molecule has 0 aromatic heterocycles. The molecule has 0 fully saturated rings. The Balaban J connectivity index is 1.80. The van der Waals surface area contributed by atoms with E-state index >= 15 is 0 Å². The van der Waals surface area contributed by atoms with Crippen LogP contribution in [0.2, 0.25) is 0 Å². The van der Waals surface area contributed by atoms with Gasteiger partial charge in [-0.2, -0.15) is 0 Å². The Morgan fingerprint density at radius 2 is 1.54 bits per heavy atom. The molecular formula is C22H22N2O3S. The highest BCUT2D eigenvalue weighted by Gasteiger charge is 2.22. The van der Waals surface area contributed by atoms with E-state index in [9.17, 15) is 14.7 Å². The molecule has 0 spiro atoms. The van der Waals surface area contributed by atoms with Crippen LogP contribution in [0, 0.1) is 0 Å². The Morgan fingerprint density at radius 1 is 0.929 bits per heavy atom. The third-order valence-corrected chi connectivity index (χ3v) is 4.89. The molecule has 0 saturated heterocycles. The molecule has 0 saturated carbocycles. The van der Waals surface area contributed by atoms with E-state index in [1.54, 1.807) is 48.5 Å². The molecule has 3 aromatic carbocycles. The zero-order chi connectivity index (χ0) is 20.5. The number of nitrogens with zero attached hydrogens (tertiary/aromatic N) is 1. The molecule has 6 heteroatoms. The molecule has 0 radical (unpaired) electrons. The van der Waals surface area contributed by atoms with Gasteiger partial charge in [-0.05, 0) is 35.2 Å². The lowest BCUT2D eigenvalue weighted by Gasteiger charge is -2.20. The number of anilines is 1. The van der Waals surface area contributed by atoms with Gasteiger partial charge in [0.25, 0.3) is 5.91 Å². The van der Waals surface area contributed by atoms with Crippen molar-refractivity contribution in [2.24, 2.45) is 0 Å². The first-order chi connectivity index (χ1) is 13.2. The SMILES string of the molecule is CC(C)(C)c1ccc(C(=O)N(S)C(=O)Nc2cccc3c(O)cccc23)cc1. The highest BCUT2D eigenvalue weighted by Crippen LogP contribution is 2.30. The van der Waals surface area contributed by atoms with Crippen LogP contribution in [0.25, 0.3) is 10.8 Å². The summed E-state index contributed by atoms with van der Waals surface area (Å²) in [7, 11) is 0. The fourth-order valence-corrected chi connectivity index (χ4v) is 3.06. The number of thiol groups is 1. The number of rotatable bonds is 2. The predicted molar refractivity (Wildman–Crippen MR) is 115 cm³/mol. The number of hydrogen-bond acceptors (Lipinski definition) is 4. The van der Waals surface area contributed by atoms with E-state index in [0.29, 0.717) is 22.0 Å². The molecule has 3 amide bonds. The number of nitrogens with one attached hydrogen (secondary N) is 1. The number of fused-ring (bicyclic) bond motifs is 1. The molecular weight excluding hydrogens is 372 g/mol. The van der Waals surface area contributed by atoms with Crippen LogP contribution in [-0.4, -0.2) is 21.4 Å². The van der Waals surface area contributed by atoms with Crippen LogP contribution in [0.3, 0.4) is 0 Å². The topological polar surface area (TPSA) is 69.6 Å². The summed E-state index contributed by atoms with van der Waals surface area (Å²) in [4.78, 5) is 25.1. The third-order valence-electron chi connectivity index (χ3n) is 4.52. The number of urea groups is 1. The van der Waals surface area contributed by atoms with Crippen LogP contribution in [-0.2, 0) is 5.41 Å². The van der Waals surface area contributed by atoms with Gasteiger partial charge in [0.2, 0.25) is 0 Å². The van der Waals surface area contributed by atoms with Gasteiger partial charge in [0.15, 0.2) is 0 Å². The van der Waals surface area contributed by atoms with E-state index in [4.69, 9.17) is 0 Å². The normalized spacial score (nSPS) is 11.3. The maximum absolute atomic E-state index is 12.6. The second-order valence-corrected chi connectivity index (χ2v) is 7.95. The number of benzene rings is 3. The summed E-state index contributed by atoms with van der Waals surface area (Å²) in [5, 5.41) is 13.9. The smallest absolute Gasteiger partial charge is 0.338 e. The first kappa shape index (κ1) is 19.8. The molecule has 0 unspecified atom stereocenters. The molecule has 0 aliphatic carbocycles. The second-order valence-electron chi connectivity index (χ2n) is 7.55. The minimum atomic E-state index is -0.677. The lowest BCUT2D eigenvalue weighted by Crippen LogP contribution is -2.32. The Labute approximate surface area is 169 Å². The highest BCUT2D eigenvalue weighted by atomic mass is 32.1. The first-order valence-corrected chi connectivity index (χ1v) is 9.24. The Hall–Kier alpha value is -2.99. The molecule has 0 aliphatic heterocycles. The van der Waals surface area contributed by atoms with Gasteiger partial charge in [-0.25, -0.2) is 9.10 Å². The average molecular weight is 394 g/mol. The van der Waals surface area contributed by atoms with Gasteiger partial charge >= 0.3 is 6.03 Å². The fourth-order valence-electron chi connectivity index (χ4n) is 2.90. The summed E-state index contributed by atoms with van der Waals surface area (Å²) >= 11 is 4.08. The monoisotopic (exact) mass is 394 g/mol. The summed E-state index contributed by atoms with van der Waals surface area (Å²) in [6, 6.07) is 16.7. The molecule has 0 heterocycles. The zero-order valence-electron chi connectivity index (χ0n) is 15.9. The molecule has 0 aliphatic rings. The fraction of sp³-hybridized carbons (Fsp3) is 0.182. The van der Waals surface area contributed by atoms with Crippen molar-refractivity contribution in [2.45, 2.75) is 26.2 Å². The van der Waals surface area contributed by atoms with Crippen molar-refractivity contribution in [3.05, 3.63) is 71.8 Å². The summed E-state index contributed by atoms with van der Waals surface area (Å²) in [5.41, 5.74) is 1.91. The number of amides is 3. The number of carbonyl (C=O) groups is 2. The molecule has 5 nitrogen and oxygen atoms in total. The average Bonchev–Trinajstić information content (AvgIpc) is 2.67. The zero-order valence-corrected chi connectivity index (χ0v) is 16.8. The van der Waals surface area contributed by atoms with Crippen molar-refractivity contribution < 1.29 is 14.7 Å². The van der Waals surface area contributed by atoms with Crippen LogP contribution in [0.4, 0.5) is 10.5 Å². The van der Waals surface area contributed by atoms with Gasteiger partial charge < -0.3 is 10.4 Å². The van der Waals surface area contributed by atoms with Crippen molar-refractivity contribution in [3.8, 4) is 5.75 Å². The Morgan fingerprint density at radius 3 is 2.18 bits per heavy atom.